The summed E-state index contributed by atoms with van der Waals surface area (Å²) in [5.41, 5.74) is 3.66. The van der Waals surface area contributed by atoms with Gasteiger partial charge in [0.05, 0.1) is 43.2 Å². The smallest absolute Gasteiger partial charge is 0.255 e. The van der Waals surface area contributed by atoms with Gasteiger partial charge in [0.1, 0.15) is 5.69 Å². The Morgan fingerprint density at radius 2 is 1.97 bits per heavy atom. The molecule has 5 rings (SSSR count). The Bertz CT molecular complexity index is 1330. The third-order valence-corrected chi connectivity index (χ3v) is 6.28. The third-order valence-electron chi connectivity index (χ3n) is 6.28. The molecule has 8 heteroatoms. The molecule has 0 saturated carbocycles. The molecule has 8 nitrogen and oxygen atoms in total. The highest BCUT2D eigenvalue weighted by molar-refractivity contribution is 6.07. The minimum Gasteiger partial charge on any atom is -0.493 e. The van der Waals surface area contributed by atoms with Crippen molar-refractivity contribution in [3.8, 4) is 23.0 Å². The molecule has 1 amide bonds. The first-order valence-electron chi connectivity index (χ1n) is 10.9. The van der Waals surface area contributed by atoms with Crippen molar-refractivity contribution in [2.45, 2.75) is 25.8 Å². The molecule has 1 fully saturated rings. The molecular weight excluding hydrogens is 420 g/mol. The molecule has 0 radical (unpaired) electrons. The number of rotatable bonds is 5. The Labute approximate surface area is 191 Å². The zero-order valence-corrected chi connectivity index (χ0v) is 19.2. The first-order chi connectivity index (χ1) is 16.0. The van der Waals surface area contributed by atoms with Gasteiger partial charge in [0.15, 0.2) is 22.9 Å². The van der Waals surface area contributed by atoms with E-state index in [9.17, 15) is 4.79 Å². The molecule has 0 spiro atoms. The highest BCUT2D eigenvalue weighted by atomic mass is 16.5. The summed E-state index contributed by atoms with van der Waals surface area (Å²) >= 11 is 0. The molecule has 33 heavy (non-hydrogen) atoms. The predicted molar refractivity (Wildman–Crippen MR) is 124 cm³/mol. The molecule has 0 bridgehead atoms. The second-order valence-corrected chi connectivity index (χ2v) is 8.21. The van der Waals surface area contributed by atoms with Crippen molar-refractivity contribution in [2.24, 2.45) is 7.05 Å². The third kappa shape index (κ3) is 3.51. The molecule has 1 aliphatic rings. The maximum Gasteiger partial charge on any atom is 0.255 e. The van der Waals surface area contributed by atoms with E-state index in [4.69, 9.17) is 18.9 Å². The van der Waals surface area contributed by atoms with Crippen molar-refractivity contribution >= 4 is 16.9 Å². The van der Waals surface area contributed by atoms with E-state index in [1.54, 1.807) is 25.2 Å². The van der Waals surface area contributed by atoms with Crippen LogP contribution in [0.25, 0.3) is 22.5 Å². The fourth-order valence-electron chi connectivity index (χ4n) is 4.74. The molecule has 1 saturated heterocycles. The fraction of sp³-hybridized carbons (Fsp3) is 0.320. The number of nitrogens with zero attached hydrogens (tertiary/aromatic N) is 4. The van der Waals surface area contributed by atoms with Crippen LogP contribution in [-0.4, -0.2) is 46.3 Å². The number of aromatic nitrogens is 3. The number of hydrogen-bond donors (Lipinski definition) is 0. The molecular formula is C25H26N4O4. The predicted octanol–water partition coefficient (Wildman–Crippen LogP) is 4.53. The quantitative estimate of drug-likeness (QED) is 0.448. The molecule has 0 aliphatic carbocycles. The number of amides is 1. The van der Waals surface area contributed by atoms with Crippen molar-refractivity contribution in [1.82, 2.24) is 19.7 Å². The summed E-state index contributed by atoms with van der Waals surface area (Å²) in [5, 5.41) is 5.30. The molecule has 4 heterocycles. The topological polar surface area (TPSA) is 82.6 Å². The maximum atomic E-state index is 14.0. The number of ether oxygens (including phenoxy) is 2. The second-order valence-electron chi connectivity index (χ2n) is 8.21. The van der Waals surface area contributed by atoms with E-state index in [0.717, 1.165) is 29.5 Å². The van der Waals surface area contributed by atoms with Crippen LogP contribution in [0.2, 0.25) is 0 Å². The van der Waals surface area contributed by atoms with Gasteiger partial charge in [-0.05, 0) is 55.7 Å². The number of aryl methyl sites for hydroxylation is 2. The Balaban J connectivity index is 1.59. The SMILES string of the molecule is COc1ccc(C2CCCN2C(=O)c2cc(-c3ccco3)nc3c2c(C)nn3C)cc1OC. The van der Waals surface area contributed by atoms with Gasteiger partial charge in [0.2, 0.25) is 0 Å². The van der Waals surface area contributed by atoms with E-state index in [2.05, 4.69) is 5.10 Å². The van der Waals surface area contributed by atoms with E-state index < -0.39 is 0 Å². The Hall–Kier alpha value is -3.81. The number of pyridine rings is 1. The highest BCUT2D eigenvalue weighted by Crippen LogP contribution is 2.38. The Morgan fingerprint density at radius 1 is 1.15 bits per heavy atom. The molecule has 1 unspecified atom stereocenters. The number of carbonyl (C=O) groups is 1. The summed E-state index contributed by atoms with van der Waals surface area (Å²) in [5.74, 6) is 1.90. The maximum absolute atomic E-state index is 14.0. The summed E-state index contributed by atoms with van der Waals surface area (Å²) in [4.78, 5) is 20.7. The van der Waals surface area contributed by atoms with Crippen LogP contribution in [-0.2, 0) is 7.05 Å². The van der Waals surface area contributed by atoms with E-state index in [1.165, 1.54) is 0 Å². The Morgan fingerprint density at radius 3 is 2.70 bits per heavy atom. The van der Waals surface area contributed by atoms with E-state index in [-0.39, 0.29) is 11.9 Å². The van der Waals surface area contributed by atoms with E-state index in [1.807, 2.05) is 55.3 Å². The van der Waals surface area contributed by atoms with Crippen LogP contribution in [0, 0.1) is 6.92 Å². The van der Waals surface area contributed by atoms with Crippen molar-refractivity contribution in [3.05, 3.63) is 59.5 Å². The van der Waals surface area contributed by atoms with Crippen molar-refractivity contribution in [1.29, 1.82) is 0 Å². The summed E-state index contributed by atoms with van der Waals surface area (Å²) in [6, 6.07) is 11.3. The van der Waals surface area contributed by atoms with Gasteiger partial charge < -0.3 is 18.8 Å². The molecule has 1 aromatic carbocycles. The molecule has 1 atom stereocenters. The first-order valence-corrected chi connectivity index (χ1v) is 10.9. The zero-order valence-electron chi connectivity index (χ0n) is 19.2. The lowest BCUT2D eigenvalue weighted by Crippen LogP contribution is -2.31. The second kappa shape index (κ2) is 8.27. The van der Waals surface area contributed by atoms with Gasteiger partial charge in [-0.15, -0.1) is 0 Å². The number of hydrogen-bond acceptors (Lipinski definition) is 6. The lowest BCUT2D eigenvalue weighted by atomic mass is 10.0. The Kier molecular flexibility index (Phi) is 5.28. The first kappa shape index (κ1) is 21.1. The number of fused-ring (bicyclic) bond motifs is 1. The van der Waals surface area contributed by atoms with Gasteiger partial charge in [-0.3, -0.25) is 9.48 Å². The van der Waals surface area contributed by atoms with Crippen LogP contribution in [0.4, 0.5) is 0 Å². The summed E-state index contributed by atoms with van der Waals surface area (Å²) in [6.07, 6.45) is 3.41. The number of likely N-dealkylation sites (tertiary alicyclic amines) is 1. The van der Waals surface area contributed by atoms with Gasteiger partial charge in [-0.2, -0.15) is 5.10 Å². The normalized spacial score (nSPS) is 15.9. The van der Waals surface area contributed by atoms with Crippen LogP contribution < -0.4 is 9.47 Å². The molecule has 3 aromatic heterocycles. The number of methoxy groups -OCH3 is 2. The minimum atomic E-state index is -0.0513. The molecule has 1 aliphatic heterocycles. The standard InChI is InChI=1S/C25H26N4O4/c1-15-23-17(14-18(20-8-6-12-33-20)26-24(23)28(2)27-15)25(30)29-11-5-7-19(29)16-9-10-21(31-3)22(13-16)32-4/h6,8-10,12-14,19H,5,7,11H2,1-4H3. The summed E-state index contributed by atoms with van der Waals surface area (Å²) in [7, 11) is 5.07. The summed E-state index contributed by atoms with van der Waals surface area (Å²) < 4.78 is 18.2. The van der Waals surface area contributed by atoms with E-state index in [0.29, 0.717) is 40.7 Å². The lowest BCUT2D eigenvalue weighted by molar-refractivity contribution is 0.0737. The van der Waals surface area contributed by atoms with Gasteiger partial charge in [0, 0.05) is 13.6 Å². The average Bonchev–Trinajstić information content (AvgIpc) is 3.59. The van der Waals surface area contributed by atoms with Gasteiger partial charge >= 0.3 is 0 Å². The van der Waals surface area contributed by atoms with Crippen LogP contribution in [0.1, 0.15) is 40.5 Å². The minimum absolute atomic E-state index is 0.0383. The average molecular weight is 447 g/mol. The molecule has 4 aromatic rings. The summed E-state index contributed by atoms with van der Waals surface area (Å²) in [6.45, 7) is 2.58. The molecule has 170 valence electrons. The van der Waals surface area contributed by atoms with Crippen LogP contribution in [0.5, 0.6) is 11.5 Å². The fourth-order valence-corrected chi connectivity index (χ4v) is 4.74. The molecule has 0 N–H and O–H groups in total. The van der Waals surface area contributed by atoms with Crippen LogP contribution >= 0.6 is 0 Å². The number of furan rings is 1. The number of benzene rings is 1. The van der Waals surface area contributed by atoms with Crippen LogP contribution in [0.15, 0.2) is 47.1 Å². The van der Waals surface area contributed by atoms with Gasteiger partial charge in [0.25, 0.3) is 5.91 Å². The highest BCUT2D eigenvalue weighted by Gasteiger charge is 2.33. The van der Waals surface area contributed by atoms with Gasteiger partial charge in [-0.1, -0.05) is 6.07 Å². The zero-order chi connectivity index (χ0) is 23.1. The van der Waals surface area contributed by atoms with Crippen molar-refractivity contribution in [2.75, 3.05) is 20.8 Å². The lowest BCUT2D eigenvalue weighted by Gasteiger charge is -2.26. The van der Waals surface area contributed by atoms with Crippen LogP contribution in [0.3, 0.4) is 0 Å². The monoisotopic (exact) mass is 446 g/mol. The van der Waals surface area contributed by atoms with Crippen molar-refractivity contribution in [3.63, 3.8) is 0 Å². The largest absolute Gasteiger partial charge is 0.493 e. The number of carbonyl (C=O) groups excluding carboxylic acids is 1. The van der Waals surface area contributed by atoms with Gasteiger partial charge in [-0.25, -0.2) is 4.98 Å². The van der Waals surface area contributed by atoms with E-state index >= 15 is 0 Å². The van der Waals surface area contributed by atoms with Crippen molar-refractivity contribution < 1.29 is 18.7 Å².